The Morgan fingerprint density at radius 2 is 2.24 bits per heavy atom. The number of nitrogens with zero attached hydrogens (tertiary/aromatic N) is 2. The molecule has 1 aliphatic rings. The Labute approximate surface area is 129 Å². The lowest BCUT2D eigenvalue weighted by molar-refractivity contribution is 0.181. The molecule has 1 fully saturated rings. The molecule has 0 radical (unpaired) electrons. The van der Waals surface area contributed by atoms with Gasteiger partial charge in [0.15, 0.2) is 0 Å². The third-order valence-electron chi connectivity index (χ3n) is 3.87. The number of pyridine rings is 1. The van der Waals surface area contributed by atoms with Gasteiger partial charge in [0.05, 0.1) is 12.3 Å². The fourth-order valence-electron chi connectivity index (χ4n) is 2.75. The summed E-state index contributed by atoms with van der Waals surface area (Å²) >= 11 is 1.74. The molecule has 112 valence electrons. The highest BCUT2D eigenvalue weighted by atomic mass is 32.1. The molecule has 0 spiro atoms. The van der Waals surface area contributed by atoms with Crippen LogP contribution in [0.1, 0.15) is 36.3 Å². The quantitative estimate of drug-likeness (QED) is 0.888. The predicted octanol–water partition coefficient (Wildman–Crippen LogP) is 3.38. The summed E-state index contributed by atoms with van der Waals surface area (Å²) in [5.41, 5.74) is 2.12. The van der Waals surface area contributed by atoms with E-state index in [2.05, 4.69) is 16.4 Å². The molecule has 0 aliphatic heterocycles. The lowest BCUT2D eigenvalue weighted by Gasteiger charge is -2.11. The van der Waals surface area contributed by atoms with Gasteiger partial charge in [0.25, 0.3) is 0 Å². The fourth-order valence-corrected chi connectivity index (χ4v) is 3.76. The van der Waals surface area contributed by atoms with Crippen molar-refractivity contribution in [1.82, 2.24) is 15.3 Å². The highest BCUT2D eigenvalue weighted by Gasteiger charge is 2.17. The van der Waals surface area contributed by atoms with Crippen molar-refractivity contribution in [2.45, 2.75) is 44.9 Å². The zero-order valence-corrected chi connectivity index (χ0v) is 13.2. The monoisotopic (exact) mass is 303 g/mol. The van der Waals surface area contributed by atoms with E-state index >= 15 is 0 Å². The van der Waals surface area contributed by atoms with Crippen LogP contribution in [0.25, 0.3) is 10.6 Å². The van der Waals surface area contributed by atoms with Crippen LogP contribution < -0.4 is 5.32 Å². The normalized spacial score (nSPS) is 15.7. The van der Waals surface area contributed by atoms with Gasteiger partial charge in [-0.1, -0.05) is 12.8 Å². The summed E-state index contributed by atoms with van der Waals surface area (Å²) in [6.07, 6.45) is 8.96. The van der Waals surface area contributed by atoms with E-state index in [0.717, 1.165) is 22.8 Å². The number of thiazole rings is 1. The van der Waals surface area contributed by atoms with Crippen LogP contribution in [-0.4, -0.2) is 23.1 Å². The SMILES string of the molecule is COCc1nc(-c2cccnc2)sc1CNC1CCCC1. The largest absolute Gasteiger partial charge is 0.378 e. The number of rotatable bonds is 6. The molecule has 0 saturated heterocycles. The Balaban J connectivity index is 1.76. The second kappa shape index (κ2) is 7.11. The first-order valence-electron chi connectivity index (χ1n) is 7.48. The van der Waals surface area contributed by atoms with Crippen LogP contribution in [0.2, 0.25) is 0 Å². The minimum atomic E-state index is 0.568. The van der Waals surface area contributed by atoms with Crippen LogP contribution in [0.15, 0.2) is 24.5 Å². The lowest BCUT2D eigenvalue weighted by Crippen LogP contribution is -2.25. The summed E-state index contributed by atoms with van der Waals surface area (Å²) in [6.45, 7) is 1.46. The van der Waals surface area contributed by atoms with Gasteiger partial charge >= 0.3 is 0 Å². The van der Waals surface area contributed by atoms with Crippen molar-refractivity contribution < 1.29 is 4.74 Å². The Kier molecular flexibility index (Phi) is 4.95. The maximum atomic E-state index is 5.29. The third-order valence-corrected chi connectivity index (χ3v) is 5.02. The minimum Gasteiger partial charge on any atom is -0.378 e. The summed E-state index contributed by atoms with van der Waals surface area (Å²) in [5.74, 6) is 0. The predicted molar refractivity (Wildman–Crippen MR) is 85.2 cm³/mol. The standard InChI is InChI=1S/C16H21N3OS/c1-20-11-14-15(10-18-13-6-2-3-7-13)21-16(19-14)12-5-4-8-17-9-12/h4-5,8-9,13,18H,2-3,6-7,10-11H2,1H3. The molecule has 4 nitrogen and oxygen atoms in total. The van der Waals surface area contributed by atoms with Gasteiger partial charge in [0.2, 0.25) is 0 Å². The van der Waals surface area contributed by atoms with Crippen molar-refractivity contribution in [1.29, 1.82) is 0 Å². The lowest BCUT2D eigenvalue weighted by atomic mass is 10.2. The second-order valence-electron chi connectivity index (χ2n) is 5.43. The molecule has 2 aromatic rings. The van der Waals surface area contributed by atoms with Crippen molar-refractivity contribution in [2.24, 2.45) is 0 Å². The molecular formula is C16H21N3OS. The van der Waals surface area contributed by atoms with Crippen LogP contribution in [0.4, 0.5) is 0 Å². The molecule has 0 atom stereocenters. The smallest absolute Gasteiger partial charge is 0.125 e. The zero-order valence-electron chi connectivity index (χ0n) is 12.3. The minimum absolute atomic E-state index is 0.568. The van der Waals surface area contributed by atoms with Gasteiger partial charge in [-0.2, -0.15) is 0 Å². The van der Waals surface area contributed by atoms with Crippen LogP contribution in [0.3, 0.4) is 0 Å². The van der Waals surface area contributed by atoms with Crippen molar-refractivity contribution in [3.8, 4) is 10.6 Å². The highest BCUT2D eigenvalue weighted by molar-refractivity contribution is 7.15. The summed E-state index contributed by atoms with van der Waals surface area (Å²) in [7, 11) is 1.72. The van der Waals surface area contributed by atoms with Gasteiger partial charge in [0.1, 0.15) is 5.01 Å². The van der Waals surface area contributed by atoms with Crippen molar-refractivity contribution in [2.75, 3.05) is 7.11 Å². The topological polar surface area (TPSA) is 47.0 Å². The van der Waals surface area contributed by atoms with Gasteiger partial charge in [-0.25, -0.2) is 4.98 Å². The molecule has 0 bridgehead atoms. The van der Waals surface area contributed by atoms with E-state index in [-0.39, 0.29) is 0 Å². The van der Waals surface area contributed by atoms with E-state index in [0.29, 0.717) is 12.6 Å². The Morgan fingerprint density at radius 3 is 2.95 bits per heavy atom. The highest BCUT2D eigenvalue weighted by Crippen LogP contribution is 2.28. The number of hydrogen-bond donors (Lipinski definition) is 1. The number of nitrogens with one attached hydrogen (secondary N) is 1. The summed E-state index contributed by atoms with van der Waals surface area (Å²) in [4.78, 5) is 10.2. The number of methoxy groups -OCH3 is 1. The maximum absolute atomic E-state index is 5.29. The number of hydrogen-bond acceptors (Lipinski definition) is 5. The van der Waals surface area contributed by atoms with Crippen molar-refractivity contribution in [3.63, 3.8) is 0 Å². The molecule has 1 saturated carbocycles. The van der Waals surface area contributed by atoms with Crippen LogP contribution in [-0.2, 0) is 17.9 Å². The van der Waals surface area contributed by atoms with E-state index in [1.165, 1.54) is 30.6 Å². The average molecular weight is 303 g/mol. The molecule has 5 heteroatoms. The number of ether oxygens (including phenoxy) is 1. The van der Waals surface area contributed by atoms with Gasteiger partial charge in [-0.3, -0.25) is 4.98 Å². The van der Waals surface area contributed by atoms with Crippen LogP contribution >= 0.6 is 11.3 Å². The van der Waals surface area contributed by atoms with Gasteiger partial charge < -0.3 is 10.1 Å². The molecule has 21 heavy (non-hydrogen) atoms. The van der Waals surface area contributed by atoms with E-state index in [1.807, 2.05) is 12.3 Å². The van der Waals surface area contributed by atoms with Crippen LogP contribution in [0.5, 0.6) is 0 Å². The average Bonchev–Trinajstić information content (AvgIpc) is 3.16. The zero-order chi connectivity index (χ0) is 14.5. The maximum Gasteiger partial charge on any atom is 0.125 e. The van der Waals surface area contributed by atoms with Gasteiger partial charge in [-0.05, 0) is 25.0 Å². The Morgan fingerprint density at radius 1 is 1.38 bits per heavy atom. The van der Waals surface area contributed by atoms with Gasteiger partial charge in [-0.15, -0.1) is 11.3 Å². The first-order valence-corrected chi connectivity index (χ1v) is 8.30. The number of aromatic nitrogens is 2. The molecular weight excluding hydrogens is 282 g/mol. The summed E-state index contributed by atoms with van der Waals surface area (Å²) in [5, 5.41) is 4.69. The van der Waals surface area contributed by atoms with E-state index in [4.69, 9.17) is 9.72 Å². The second-order valence-corrected chi connectivity index (χ2v) is 6.51. The molecule has 0 amide bonds. The van der Waals surface area contributed by atoms with E-state index < -0.39 is 0 Å². The summed E-state index contributed by atoms with van der Waals surface area (Å²) in [6, 6.07) is 4.67. The molecule has 3 rings (SSSR count). The first-order chi connectivity index (χ1) is 10.4. The van der Waals surface area contributed by atoms with Crippen LogP contribution in [0, 0.1) is 0 Å². The summed E-state index contributed by atoms with van der Waals surface area (Å²) < 4.78 is 5.29. The van der Waals surface area contributed by atoms with E-state index in [1.54, 1.807) is 24.6 Å². The van der Waals surface area contributed by atoms with Gasteiger partial charge in [0, 0.05) is 42.5 Å². The third kappa shape index (κ3) is 3.67. The fraction of sp³-hybridized carbons (Fsp3) is 0.500. The Hall–Kier alpha value is -1.30. The molecule has 0 aromatic carbocycles. The first kappa shape index (κ1) is 14.6. The van der Waals surface area contributed by atoms with Crippen molar-refractivity contribution >= 4 is 11.3 Å². The molecule has 0 unspecified atom stereocenters. The molecule has 2 aromatic heterocycles. The molecule has 2 heterocycles. The Bertz CT molecular complexity index is 564. The van der Waals surface area contributed by atoms with E-state index in [9.17, 15) is 0 Å². The molecule has 1 N–H and O–H groups in total. The molecule has 1 aliphatic carbocycles. The van der Waals surface area contributed by atoms with Crippen molar-refractivity contribution in [3.05, 3.63) is 35.1 Å².